The third kappa shape index (κ3) is 5.33. The molecule has 2 aromatic carbocycles. The zero-order valence-electron chi connectivity index (χ0n) is 16.6. The van der Waals surface area contributed by atoms with Crippen LogP contribution in [0.3, 0.4) is 0 Å². The van der Waals surface area contributed by atoms with Crippen molar-refractivity contribution in [3.05, 3.63) is 65.2 Å². The molecule has 3 rings (SSSR count). The second kappa shape index (κ2) is 9.05. The van der Waals surface area contributed by atoms with Crippen molar-refractivity contribution in [1.29, 1.82) is 0 Å². The van der Waals surface area contributed by atoms with Gasteiger partial charge in [0.2, 0.25) is 5.91 Å². The van der Waals surface area contributed by atoms with Gasteiger partial charge in [-0.2, -0.15) is 0 Å². The summed E-state index contributed by atoms with van der Waals surface area (Å²) < 4.78 is 5.21. The van der Waals surface area contributed by atoms with E-state index in [4.69, 9.17) is 4.74 Å². The monoisotopic (exact) mass is 366 g/mol. The van der Waals surface area contributed by atoms with Crippen LogP contribution in [0.1, 0.15) is 29.5 Å². The second-order valence-electron chi connectivity index (χ2n) is 7.56. The molecule has 0 radical (unpaired) electrons. The normalized spacial score (nSPS) is 17.1. The molecule has 0 saturated carbocycles. The fourth-order valence-electron chi connectivity index (χ4n) is 3.66. The summed E-state index contributed by atoms with van der Waals surface area (Å²) in [6.07, 6.45) is 2.80. The van der Waals surface area contributed by atoms with Crippen molar-refractivity contribution in [2.75, 3.05) is 27.2 Å². The highest BCUT2D eigenvalue weighted by Crippen LogP contribution is 2.19. The smallest absolute Gasteiger partial charge is 0.227 e. The quantitative estimate of drug-likeness (QED) is 0.750. The molecular formula is C23H30N2O2. The summed E-state index contributed by atoms with van der Waals surface area (Å²) >= 11 is 0. The lowest BCUT2D eigenvalue weighted by molar-refractivity contribution is -0.131. The maximum Gasteiger partial charge on any atom is 0.227 e. The minimum Gasteiger partial charge on any atom is -0.497 e. The van der Waals surface area contributed by atoms with E-state index in [-0.39, 0.29) is 5.91 Å². The van der Waals surface area contributed by atoms with Crippen molar-refractivity contribution >= 4 is 5.91 Å². The van der Waals surface area contributed by atoms with Crippen molar-refractivity contribution < 1.29 is 9.53 Å². The van der Waals surface area contributed by atoms with Gasteiger partial charge < -0.3 is 14.5 Å². The van der Waals surface area contributed by atoms with Gasteiger partial charge in [-0.3, -0.25) is 4.79 Å². The molecule has 1 saturated heterocycles. The van der Waals surface area contributed by atoms with Gasteiger partial charge in [-0.15, -0.1) is 0 Å². The van der Waals surface area contributed by atoms with E-state index in [0.29, 0.717) is 19.0 Å². The predicted octanol–water partition coefficient (Wildman–Crippen LogP) is 3.67. The number of ether oxygens (including phenoxy) is 1. The zero-order valence-corrected chi connectivity index (χ0v) is 16.6. The molecule has 0 aromatic heterocycles. The highest BCUT2D eigenvalue weighted by molar-refractivity contribution is 5.79. The van der Waals surface area contributed by atoms with Crippen LogP contribution in [0, 0.1) is 6.92 Å². The maximum absolute atomic E-state index is 13.1. The molecule has 1 fully saturated rings. The summed E-state index contributed by atoms with van der Waals surface area (Å²) in [5.74, 6) is 0.997. The van der Waals surface area contributed by atoms with Crippen molar-refractivity contribution in [1.82, 2.24) is 9.80 Å². The Labute approximate surface area is 162 Å². The standard InChI is InChI=1S/C23H30N2O2/c1-18-6-8-20(9-7-18)16-25(17-21-5-4-14-24(21)2)23(26)15-19-10-12-22(27-3)13-11-19/h6-13,21H,4-5,14-17H2,1-3H3. The van der Waals surface area contributed by atoms with Crippen LogP contribution in [0.5, 0.6) is 5.75 Å². The van der Waals surface area contributed by atoms with E-state index in [1.165, 1.54) is 17.5 Å². The highest BCUT2D eigenvalue weighted by atomic mass is 16.5. The van der Waals surface area contributed by atoms with Crippen molar-refractivity contribution in [2.45, 2.75) is 38.8 Å². The maximum atomic E-state index is 13.1. The van der Waals surface area contributed by atoms with E-state index >= 15 is 0 Å². The van der Waals surface area contributed by atoms with Crippen LogP contribution in [0.2, 0.25) is 0 Å². The van der Waals surface area contributed by atoms with Crippen molar-refractivity contribution in [2.24, 2.45) is 0 Å². The van der Waals surface area contributed by atoms with Crippen molar-refractivity contribution in [3.8, 4) is 5.75 Å². The molecule has 0 N–H and O–H groups in total. The van der Waals surface area contributed by atoms with Gasteiger partial charge in [0.05, 0.1) is 13.5 Å². The number of nitrogens with zero attached hydrogens (tertiary/aromatic N) is 2. The molecule has 1 amide bonds. The molecule has 1 heterocycles. The molecule has 0 spiro atoms. The van der Waals surface area contributed by atoms with Crippen LogP contribution in [0.4, 0.5) is 0 Å². The fraction of sp³-hybridized carbons (Fsp3) is 0.435. The van der Waals surface area contributed by atoms with E-state index in [0.717, 1.165) is 30.8 Å². The molecule has 1 aliphatic rings. The third-order valence-electron chi connectivity index (χ3n) is 5.46. The number of benzene rings is 2. The van der Waals surface area contributed by atoms with Crippen LogP contribution < -0.4 is 4.74 Å². The summed E-state index contributed by atoms with van der Waals surface area (Å²) in [4.78, 5) is 17.5. The molecule has 2 aromatic rings. The Kier molecular flexibility index (Phi) is 6.51. The number of hydrogen-bond donors (Lipinski definition) is 0. The summed E-state index contributed by atoms with van der Waals surface area (Å²) in [6, 6.07) is 16.7. The van der Waals surface area contributed by atoms with Gasteiger partial charge in [0, 0.05) is 19.1 Å². The number of likely N-dealkylation sites (tertiary alicyclic amines) is 1. The summed E-state index contributed by atoms with van der Waals surface area (Å²) in [5.41, 5.74) is 3.45. The molecule has 4 heteroatoms. The minimum atomic E-state index is 0.182. The number of methoxy groups -OCH3 is 1. The molecule has 4 nitrogen and oxygen atoms in total. The Hall–Kier alpha value is -2.33. The Morgan fingerprint density at radius 2 is 1.78 bits per heavy atom. The molecule has 1 aliphatic heterocycles. The van der Waals surface area contributed by atoms with E-state index in [9.17, 15) is 4.79 Å². The molecule has 0 aliphatic carbocycles. The molecule has 0 bridgehead atoms. The van der Waals surface area contributed by atoms with Gasteiger partial charge in [0.15, 0.2) is 0 Å². The van der Waals surface area contributed by atoms with Crippen LogP contribution in [-0.4, -0.2) is 49.0 Å². The number of amides is 1. The molecule has 144 valence electrons. The number of carbonyl (C=O) groups is 1. The van der Waals surface area contributed by atoms with Gasteiger partial charge in [-0.1, -0.05) is 42.0 Å². The SMILES string of the molecule is COc1ccc(CC(=O)N(Cc2ccc(C)cc2)CC2CCCN2C)cc1. The second-order valence-corrected chi connectivity index (χ2v) is 7.56. The minimum absolute atomic E-state index is 0.182. The van der Waals surface area contributed by atoms with Crippen LogP contribution >= 0.6 is 0 Å². The van der Waals surface area contributed by atoms with E-state index in [2.05, 4.69) is 43.1 Å². The van der Waals surface area contributed by atoms with E-state index in [1.807, 2.05) is 29.2 Å². The van der Waals surface area contributed by atoms with Crippen LogP contribution in [0.15, 0.2) is 48.5 Å². The van der Waals surface area contributed by atoms with Crippen molar-refractivity contribution in [3.63, 3.8) is 0 Å². The summed E-state index contributed by atoms with van der Waals surface area (Å²) in [7, 11) is 3.82. The predicted molar refractivity (Wildman–Crippen MR) is 109 cm³/mol. The van der Waals surface area contributed by atoms with Gasteiger partial charge in [-0.25, -0.2) is 0 Å². The Morgan fingerprint density at radius 1 is 1.11 bits per heavy atom. The Balaban J connectivity index is 1.72. The first kappa shape index (κ1) is 19.4. The largest absolute Gasteiger partial charge is 0.497 e. The molecule has 1 unspecified atom stereocenters. The van der Waals surface area contributed by atoms with E-state index in [1.54, 1.807) is 7.11 Å². The fourth-order valence-corrected chi connectivity index (χ4v) is 3.66. The number of hydrogen-bond acceptors (Lipinski definition) is 3. The lowest BCUT2D eigenvalue weighted by Gasteiger charge is -2.29. The van der Waals surface area contributed by atoms with Gasteiger partial charge in [-0.05, 0) is 56.6 Å². The summed E-state index contributed by atoms with van der Waals surface area (Å²) in [5, 5.41) is 0. The first-order valence-electron chi connectivity index (χ1n) is 9.71. The summed E-state index contributed by atoms with van der Waals surface area (Å²) in [6.45, 7) is 4.67. The average Bonchev–Trinajstić information content (AvgIpc) is 3.08. The number of carbonyl (C=O) groups excluding carboxylic acids is 1. The van der Waals surface area contributed by atoms with E-state index < -0.39 is 0 Å². The lowest BCUT2D eigenvalue weighted by atomic mass is 10.1. The van der Waals surface area contributed by atoms with Gasteiger partial charge in [0.25, 0.3) is 0 Å². The first-order chi connectivity index (χ1) is 13.0. The Morgan fingerprint density at radius 3 is 2.37 bits per heavy atom. The number of likely N-dealkylation sites (N-methyl/N-ethyl adjacent to an activating group) is 1. The topological polar surface area (TPSA) is 32.8 Å². The number of rotatable bonds is 7. The average molecular weight is 367 g/mol. The van der Waals surface area contributed by atoms with Crippen LogP contribution in [0.25, 0.3) is 0 Å². The molecule has 27 heavy (non-hydrogen) atoms. The first-order valence-corrected chi connectivity index (χ1v) is 9.71. The lowest BCUT2D eigenvalue weighted by Crippen LogP contribution is -2.42. The number of aryl methyl sites for hydroxylation is 1. The Bertz CT molecular complexity index is 740. The van der Waals surface area contributed by atoms with Gasteiger partial charge >= 0.3 is 0 Å². The highest BCUT2D eigenvalue weighted by Gasteiger charge is 2.25. The molecule has 1 atom stereocenters. The molecular weight excluding hydrogens is 336 g/mol. The zero-order chi connectivity index (χ0) is 19.2. The third-order valence-corrected chi connectivity index (χ3v) is 5.46. The van der Waals surface area contributed by atoms with Crippen LogP contribution in [-0.2, 0) is 17.8 Å². The van der Waals surface area contributed by atoms with Gasteiger partial charge in [0.1, 0.15) is 5.75 Å².